The third-order valence-corrected chi connectivity index (χ3v) is 1.92. The van der Waals surface area contributed by atoms with E-state index in [1.54, 1.807) is 6.07 Å². The van der Waals surface area contributed by atoms with Gasteiger partial charge in [-0.1, -0.05) is 5.16 Å². The van der Waals surface area contributed by atoms with Crippen LogP contribution < -0.4 is 10.6 Å². The van der Waals surface area contributed by atoms with E-state index >= 15 is 0 Å². The van der Waals surface area contributed by atoms with Gasteiger partial charge in [0.05, 0.1) is 13.1 Å². The maximum Gasteiger partial charge on any atom is 0.234 e. The molecule has 0 radical (unpaired) electrons. The number of carbonyl (C=O) groups is 1. The van der Waals surface area contributed by atoms with Gasteiger partial charge in [0.1, 0.15) is 11.5 Å². The Bertz CT molecular complexity index is 352. The minimum atomic E-state index is -0.0538. The Morgan fingerprint density at radius 1 is 1.50 bits per heavy atom. The van der Waals surface area contributed by atoms with Crippen LogP contribution in [0, 0.1) is 6.92 Å². The van der Waals surface area contributed by atoms with E-state index in [-0.39, 0.29) is 11.4 Å². The van der Waals surface area contributed by atoms with E-state index in [9.17, 15) is 4.79 Å². The summed E-state index contributed by atoms with van der Waals surface area (Å²) in [5, 5.41) is 9.65. The molecule has 0 atom stereocenters. The summed E-state index contributed by atoms with van der Waals surface area (Å²) in [6.07, 6.45) is 0. The number of rotatable bonds is 4. The van der Waals surface area contributed by atoms with Crippen LogP contribution in [-0.2, 0) is 11.3 Å². The van der Waals surface area contributed by atoms with Gasteiger partial charge >= 0.3 is 0 Å². The van der Waals surface area contributed by atoms with Crippen molar-refractivity contribution in [1.29, 1.82) is 0 Å². The smallest absolute Gasteiger partial charge is 0.234 e. The van der Waals surface area contributed by atoms with E-state index in [0.717, 1.165) is 11.5 Å². The van der Waals surface area contributed by atoms with E-state index in [1.165, 1.54) is 0 Å². The molecule has 1 aromatic heterocycles. The van der Waals surface area contributed by atoms with Crippen LogP contribution in [0.1, 0.15) is 32.2 Å². The van der Waals surface area contributed by atoms with Gasteiger partial charge < -0.3 is 15.2 Å². The summed E-state index contributed by atoms with van der Waals surface area (Å²) >= 11 is 0. The van der Waals surface area contributed by atoms with Crippen LogP contribution in [0.15, 0.2) is 10.6 Å². The number of amides is 1. The van der Waals surface area contributed by atoms with Gasteiger partial charge in [-0.15, -0.1) is 0 Å². The molecular weight excluding hydrogens is 206 g/mol. The highest BCUT2D eigenvalue weighted by Crippen LogP contribution is 2.00. The lowest BCUT2D eigenvalue weighted by Gasteiger charge is -2.19. The average molecular weight is 225 g/mol. The normalized spacial score (nSPS) is 11.5. The molecule has 1 aromatic rings. The van der Waals surface area contributed by atoms with Crippen LogP contribution in [0.4, 0.5) is 0 Å². The summed E-state index contributed by atoms with van der Waals surface area (Å²) < 4.78 is 4.89. The molecule has 5 nitrogen and oxygen atoms in total. The molecule has 0 aliphatic rings. The fourth-order valence-electron chi connectivity index (χ4n) is 1.10. The number of nitrogens with one attached hydrogen (secondary N) is 2. The third-order valence-electron chi connectivity index (χ3n) is 1.92. The first-order chi connectivity index (χ1) is 7.37. The predicted octanol–water partition coefficient (Wildman–Crippen LogP) is 0.987. The zero-order chi connectivity index (χ0) is 12.2. The van der Waals surface area contributed by atoms with E-state index in [0.29, 0.717) is 13.1 Å². The van der Waals surface area contributed by atoms with Crippen LogP contribution in [0.25, 0.3) is 0 Å². The maximum atomic E-state index is 11.4. The molecule has 0 saturated heterocycles. The van der Waals surface area contributed by atoms with Gasteiger partial charge in [0.2, 0.25) is 5.91 Å². The monoisotopic (exact) mass is 225 g/mol. The Kier molecular flexibility index (Phi) is 4.06. The number of aromatic nitrogens is 1. The van der Waals surface area contributed by atoms with E-state index in [1.807, 2.05) is 27.7 Å². The molecule has 0 aliphatic heterocycles. The van der Waals surface area contributed by atoms with E-state index < -0.39 is 0 Å². The second-order valence-electron chi connectivity index (χ2n) is 4.81. The summed E-state index contributed by atoms with van der Waals surface area (Å²) in [6.45, 7) is 8.58. The van der Waals surface area contributed by atoms with Crippen LogP contribution in [0.3, 0.4) is 0 Å². The predicted molar refractivity (Wildman–Crippen MR) is 60.8 cm³/mol. The quantitative estimate of drug-likeness (QED) is 0.801. The highest BCUT2D eigenvalue weighted by molar-refractivity contribution is 5.78. The minimum absolute atomic E-state index is 0.0458. The highest BCUT2D eigenvalue weighted by atomic mass is 16.5. The van der Waals surface area contributed by atoms with Crippen molar-refractivity contribution < 1.29 is 9.32 Å². The SMILES string of the molecule is Cc1cc(CNC(=O)CNC(C)(C)C)no1. The van der Waals surface area contributed by atoms with Gasteiger partial charge in [0.25, 0.3) is 0 Å². The summed E-state index contributed by atoms with van der Waals surface area (Å²) in [4.78, 5) is 11.4. The molecule has 0 saturated carbocycles. The Labute approximate surface area is 95.6 Å². The first-order valence-electron chi connectivity index (χ1n) is 5.31. The molecule has 1 rings (SSSR count). The Morgan fingerprint density at radius 2 is 2.19 bits per heavy atom. The number of hydrogen-bond acceptors (Lipinski definition) is 4. The topological polar surface area (TPSA) is 67.2 Å². The van der Waals surface area contributed by atoms with Crippen molar-refractivity contribution in [1.82, 2.24) is 15.8 Å². The number of carbonyl (C=O) groups excluding carboxylic acids is 1. The van der Waals surface area contributed by atoms with Crippen molar-refractivity contribution in [2.75, 3.05) is 6.54 Å². The molecule has 0 unspecified atom stereocenters. The summed E-state index contributed by atoms with van der Waals surface area (Å²) in [7, 11) is 0. The molecule has 16 heavy (non-hydrogen) atoms. The minimum Gasteiger partial charge on any atom is -0.361 e. The average Bonchev–Trinajstić information content (AvgIpc) is 2.57. The summed E-state index contributed by atoms with van der Waals surface area (Å²) in [6, 6.07) is 1.80. The van der Waals surface area contributed by atoms with Gasteiger partial charge in [-0.05, 0) is 27.7 Å². The Morgan fingerprint density at radius 3 is 2.69 bits per heavy atom. The molecule has 0 fully saturated rings. The molecule has 5 heteroatoms. The van der Waals surface area contributed by atoms with Crippen molar-refractivity contribution in [3.8, 4) is 0 Å². The van der Waals surface area contributed by atoms with Crippen molar-refractivity contribution in [2.45, 2.75) is 39.8 Å². The lowest BCUT2D eigenvalue weighted by Crippen LogP contribution is -2.43. The van der Waals surface area contributed by atoms with Crippen molar-refractivity contribution >= 4 is 5.91 Å². The standard InChI is InChI=1S/C11H19N3O2/c1-8-5-9(14-16-8)6-12-10(15)7-13-11(2,3)4/h5,13H,6-7H2,1-4H3,(H,12,15). The van der Waals surface area contributed by atoms with Crippen molar-refractivity contribution in [3.63, 3.8) is 0 Å². The summed E-state index contributed by atoms with van der Waals surface area (Å²) in [5.74, 6) is 0.702. The first kappa shape index (κ1) is 12.7. The zero-order valence-corrected chi connectivity index (χ0v) is 10.3. The fraction of sp³-hybridized carbons (Fsp3) is 0.636. The largest absolute Gasteiger partial charge is 0.361 e. The highest BCUT2D eigenvalue weighted by Gasteiger charge is 2.11. The molecule has 1 heterocycles. The van der Waals surface area contributed by atoms with Crippen LogP contribution >= 0.6 is 0 Å². The molecule has 90 valence electrons. The molecule has 0 spiro atoms. The molecular formula is C11H19N3O2. The van der Waals surface area contributed by atoms with Gasteiger partial charge in [-0.3, -0.25) is 4.79 Å². The lowest BCUT2D eigenvalue weighted by atomic mass is 10.1. The van der Waals surface area contributed by atoms with Crippen molar-refractivity contribution in [2.24, 2.45) is 0 Å². The van der Waals surface area contributed by atoms with Crippen LogP contribution in [-0.4, -0.2) is 23.1 Å². The van der Waals surface area contributed by atoms with Crippen LogP contribution in [0.2, 0.25) is 0 Å². The third kappa shape index (κ3) is 4.93. The second kappa shape index (κ2) is 5.12. The molecule has 0 aliphatic carbocycles. The number of hydrogen-bond donors (Lipinski definition) is 2. The Balaban J connectivity index is 2.25. The molecule has 0 bridgehead atoms. The fourth-order valence-corrected chi connectivity index (χ4v) is 1.10. The van der Waals surface area contributed by atoms with Gasteiger partial charge in [0.15, 0.2) is 0 Å². The second-order valence-corrected chi connectivity index (χ2v) is 4.81. The van der Waals surface area contributed by atoms with Crippen molar-refractivity contribution in [3.05, 3.63) is 17.5 Å². The maximum absolute atomic E-state index is 11.4. The number of aryl methyl sites for hydroxylation is 1. The van der Waals surface area contributed by atoms with E-state index in [4.69, 9.17) is 4.52 Å². The zero-order valence-electron chi connectivity index (χ0n) is 10.3. The summed E-state index contributed by atoms with van der Waals surface area (Å²) in [5.41, 5.74) is 0.684. The van der Waals surface area contributed by atoms with Gasteiger partial charge in [0, 0.05) is 11.6 Å². The molecule has 0 aromatic carbocycles. The number of nitrogens with zero attached hydrogens (tertiary/aromatic N) is 1. The van der Waals surface area contributed by atoms with E-state index in [2.05, 4.69) is 15.8 Å². The molecule has 1 amide bonds. The van der Waals surface area contributed by atoms with Gasteiger partial charge in [-0.2, -0.15) is 0 Å². The van der Waals surface area contributed by atoms with Crippen LogP contribution in [0.5, 0.6) is 0 Å². The Hall–Kier alpha value is -1.36. The molecule has 2 N–H and O–H groups in total. The first-order valence-corrected chi connectivity index (χ1v) is 5.31. The lowest BCUT2D eigenvalue weighted by molar-refractivity contribution is -0.120. The van der Waals surface area contributed by atoms with Gasteiger partial charge in [-0.25, -0.2) is 0 Å².